The highest BCUT2D eigenvalue weighted by atomic mass is 35.5. The molecule has 0 N–H and O–H groups in total. The summed E-state index contributed by atoms with van der Waals surface area (Å²) in [4.78, 5) is 14.0. The predicted octanol–water partition coefficient (Wildman–Crippen LogP) is 3.34. The number of rotatable bonds is 4. The van der Waals surface area contributed by atoms with E-state index in [1.807, 2.05) is 11.8 Å². The van der Waals surface area contributed by atoms with Gasteiger partial charge in [-0.2, -0.15) is 0 Å². The molecule has 1 aliphatic rings. The van der Waals surface area contributed by atoms with Crippen LogP contribution in [0.2, 0.25) is 0 Å². The van der Waals surface area contributed by atoms with Gasteiger partial charge in [-0.05, 0) is 30.7 Å². The fourth-order valence-corrected chi connectivity index (χ4v) is 2.81. The lowest BCUT2D eigenvalue weighted by molar-refractivity contribution is -0.135. The van der Waals surface area contributed by atoms with Crippen LogP contribution in [0, 0.1) is 11.8 Å². The van der Waals surface area contributed by atoms with Crippen LogP contribution in [0.1, 0.15) is 25.3 Å². The Kier molecular flexibility index (Phi) is 5.26. The summed E-state index contributed by atoms with van der Waals surface area (Å²) < 4.78 is 0. The van der Waals surface area contributed by atoms with Gasteiger partial charge in [0, 0.05) is 24.9 Å². The summed E-state index contributed by atoms with van der Waals surface area (Å²) in [6.07, 6.45) is 3.35. The Hall–Kier alpha value is -1.02. The van der Waals surface area contributed by atoms with E-state index in [9.17, 15) is 4.79 Å². The van der Waals surface area contributed by atoms with E-state index < -0.39 is 0 Å². The number of halogens is 1. The lowest BCUT2D eigenvalue weighted by Crippen LogP contribution is -2.41. The zero-order valence-electron chi connectivity index (χ0n) is 11.5. The van der Waals surface area contributed by atoms with Crippen LogP contribution >= 0.6 is 11.6 Å². The number of piperidine rings is 1. The van der Waals surface area contributed by atoms with Crippen molar-refractivity contribution in [3.05, 3.63) is 35.9 Å². The number of carbonyl (C=O) groups is 1. The van der Waals surface area contributed by atoms with Crippen molar-refractivity contribution < 1.29 is 4.79 Å². The minimum Gasteiger partial charge on any atom is -0.342 e. The van der Waals surface area contributed by atoms with Crippen LogP contribution in [0.15, 0.2) is 30.3 Å². The summed E-state index contributed by atoms with van der Waals surface area (Å²) >= 11 is 5.75. The molecule has 0 aliphatic carbocycles. The van der Waals surface area contributed by atoms with E-state index in [1.165, 1.54) is 5.56 Å². The number of nitrogens with zero attached hydrogens (tertiary/aromatic N) is 1. The summed E-state index contributed by atoms with van der Waals surface area (Å²) in [5, 5.41) is 0. The third-order valence-electron chi connectivity index (χ3n) is 3.95. The summed E-state index contributed by atoms with van der Waals surface area (Å²) in [5.74, 6) is 1.29. The molecule has 19 heavy (non-hydrogen) atoms. The third-order valence-corrected chi connectivity index (χ3v) is 4.41. The Bertz CT molecular complexity index is 398. The second kappa shape index (κ2) is 6.95. The molecule has 0 radical (unpaired) electrons. The first kappa shape index (κ1) is 14.4. The first-order chi connectivity index (χ1) is 9.20. The van der Waals surface area contributed by atoms with Crippen molar-refractivity contribution in [2.45, 2.75) is 26.2 Å². The Balaban J connectivity index is 1.81. The Morgan fingerprint density at radius 1 is 1.32 bits per heavy atom. The molecular formula is C16H22ClNO. The molecule has 1 saturated heterocycles. The van der Waals surface area contributed by atoms with Crippen LogP contribution in [-0.2, 0) is 11.2 Å². The normalized spacial score (nSPS) is 18.3. The first-order valence-corrected chi connectivity index (χ1v) is 7.63. The average molecular weight is 280 g/mol. The molecule has 2 nitrogen and oxygen atoms in total. The highest BCUT2D eigenvalue weighted by Crippen LogP contribution is 2.22. The van der Waals surface area contributed by atoms with Crippen LogP contribution in [0.3, 0.4) is 0 Å². The Morgan fingerprint density at radius 2 is 1.95 bits per heavy atom. The minimum atomic E-state index is -0.0488. The molecule has 1 amide bonds. The van der Waals surface area contributed by atoms with Crippen LogP contribution in [0.5, 0.6) is 0 Å². The number of carbonyl (C=O) groups excluding carboxylic acids is 1. The number of alkyl halides is 1. The van der Waals surface area contributed by atoms with Gasteiger partial charge < -0.3 is 4.90 Å². The number of hydrogen-bond acceptors (Lipinski definition) is 1. The van der Waals surface area contributed by atoms with E-state index in [4.69, 9.17) is 11.6 Å². The minimum absolute atomic E-state index is 0.0488. The molecule has 104 valence electrons. The monoisotopic (exact) mass is 279 g/mol. The highest BCUT2D eigenvalue weighted by Gasteiger charge is 2.25. The van der Waals surface area contributed by atoms with Crippen LogP contribution in [-0.4, -0.2) is 29.8 Å². The Morgan fingerprint density at radius 3 is 2.53 bits per heavy atom. The Labute approximate surface area is 120 Å². The molecule has 1 heterocycles. The zero-order chi connectivity index (χ0) is 13.7. The molecule has 2 rings (SSSR count). The molecule has 3 heteroatoms. The summed E-state index contributed by atoms with van der Waals surface area (Å²) in [6, 6.07) is 10.6. The second-order valence-electron chi connectivity index (χ2n) is 5.51. The lowest BCUT2D eigenvalue weighted by atomic mass is 9.90. The number of benzene rings is 1. The molecule has 1 fully saturated rings. The lowest BCUT2D eigenvalue weighted by Gasteiger charge is -2.33. The number of likely N-dealkylation sites (tertiary alicyclic amines) is 1. The molecule has 1 aliphatic heterocycles. The van der Waals surface area contributed by atoms with E-state index in [1.54, 1.807) is 0 Å². The molecule has 0 spiro atoms. The van der Waals surface area contributed by atoms with Gasteiger partial charge in [-0.15, -0.1) is 11.6 Å². The standard InChI is InChI=1S/C16H22ClNO/c1-13(12-17)16(19)18-9-7-15(8-10-18)11-14-5-3-2-4-6-14/h2-6,13,15H,7-12H2,1H3. The van der Waals surface area contributed by atoms with Gasteiger partial charge in [0.2, 0.25) is 5.91 Å². The molecule has 0 aromatic heterocycles. The largest absolute Gasteiger partial charge is 0.342 e. The third kappa shape index (κ3) is 3.97. The smallest absolute Gasteiger partial charge is 0.226 e. The second-order valence-corrected chi connectivity index (χ2v) is 5.82. The van der Waals surface area contributed by atoms with Gasteiger partial charge in [0.15, 0.2) is 0 Å². The predicted molar refractivity (Wildman–Crippen MR) is 79.3 cm³/mol. The maximum absolute atomic E-state index is 12.0. The van der Waals surface area contributed by atoms with Gasteiger partial charge >= 0.3 is 0 Å². The van der Waals surface area contributed by atoms with Crippen molar-refractivity contribution >= 4 is 17.5 Å². The van der Waals surface area contributed by atoms with Crippen molar-refractivity contribution in [2.75, 3.05) is 19.0 Å². The van der Waals surface area contributed by atoms with E-state index in [-0.39, 0.29) is 11.8 Å². The first-order valence-electron chi connectivity index (χ1n) is 7.09. The van der Waals surface area contributed by atoms with Crippen LogP contribution < -0.4 is 0 Å². The molecular weight excluding hydrogens is 258 g/mol. The molecule has 0 bridgehead atoms. The van der Waals surface area contributed by atoms with Crippen LogP contribution in [0.25, 0.3) is 0 Å². The quantitative estimate of drug-likeness (QED) is 0.774. The average Bonchev–Trinajstić information content (AvgIpc) is 2.47. The molecule has 1 atom stereocenters. The van der Waals surface area contributed by atoms with E-state index in [0.717, 1.165) is 32.4 Å². The summed E-state index contributed by atoms with van der Waals surface area (Å²) in [7, 11) is 0. The summed E-state index contributed by atoms with van der Waals surface area (Å²) in [5.41, 5.74) is 1.40. The summed E-state index contributed by atoms with van der Waals surface area (Å²) in [6.45, 7) is 3.68. The maximum Gasteiger partial charge on any atom is 0.226 e. The van der Waals surface area contributed by atoms with Gasteiger partial charge in [0.1, 0.15) is 0 Å². The highest BCUT2D eigenvalue weighted by molar-refractivity contribution is 6.19. The van der Waals surface area contributed by atoms with Crippen molar-refractivity contribution in [1.29, 1.82) is 0 Å². The molecule has 1 unspecified atom stereocenters. The molecule has 1 aromatic carbocycles. The zero-order valence-corrected chi connectivity index (χ0v) is 12.3. The van der Waals surface area contributed by atoms with E-state index >= 15 is 0 Å². The topological polar surface area (TPSA) is 20.3 Å². The van der Waals surface area contributed by atoms with E-state index in [0.29, 0.717) is 11.8 Å². The van der Waals surface area contributed by atoms with Gasteiger partial charge in [-0.25, -0.2) is 0 Å². The molecule has 1 aromatic rings. The fraction of sp³-hybridized carbons (Fsp3) is 0.562. The van der Waals surface area contributed by atoms with Crippen molar-refractivity contribution in [3.63, 3.8) is 0 Å². The van der Waals surface area contributed by atoms with Gasteiger partial charge in [-0.1, -0.05) is 37.3 Å². The van der Waals surface area contributed by atoms with Crippen LogP contribution in [0.4, 0.5) is 0 Å². The van der Waals surface area contributed by atoms with E-state index in [2.05, 4.69) is 30.3 Å². The maximum atomic E-state index is 12.0. The molecule has 0 saturated carbocycles. The van der Waals surface area contributed by atoms with Crippen molar-refractivity contribution in [2.24, 2.45) is 11.8 Å². The number of amides is 1. The van der Waals surface area contributed by atoms with Crippen molar-refractivity contribution in [3.8, 4) is 0 Å². The fourth-order valence-electron chi connectivity index (χ4n) is 2.68. The van der Waals surface area contributed by atoms with Crippen molar-refractivity contribution in [1.82, 2.24) is 4.90 Å². The SMILES string of the molecule is CC(CCl)C(=O)N1CCC(Cc2ccccc2)CC1. The number of hydrogen-bond donors (Lipinski definition) is 0. The van der Waals surface area contributed by atoms with Gasteiger partial charge in [0.05, 0.1) is 0 Å². The van der Waals surface area contributed by atoms with Gasteiger partial charge in [-0.3, -0.25) is 4.79 Å². The van der Waals surface area contributed by atoms with Gasteiger partial charge in [0.25, 0.3) is 0 Å².